The molecule has 1 aromatic carbocycles. The number of hydrogen-bond donors (Lipinski definition) is 1. The van der Waals surface area contributed by atoms with E-state index in [0.29, 0.717) is 6.61 Å². The van der Waals surface area contributed by atoms with Gasteiger partial charge in [-0.2, -0.15) is 0 Å². The molecule has 0 radical (unpaired) electrons. The molecule has 0 atom stereocenters. The van der Waals surface area contributed by atoms with Crippen LogP contribution in [0.25, 0.3) is 0 Å². The van der Waals surface area contributed by atoms with Gasteiger partial charge in [-0.1, -0.05) is 40.0 Å². The molecule has 4 heteroatoms. The van der Waals surface area contributed by atoms with Crippen molar-refractivity contribution >= 4 is 11.6 Å². The lowest BCUT2D eigenvalue weighted by Crippen LogP contribution is -2.38. The van der Waals surface area contributed by atoms with Crippen LogP contribution < -0.4 is 9.64 Å². The van der Waals surface area contributed by atoms with Gasteiger partial charge in [0.15, 0.2) is 0 Å². The largest absolute Gasteiger partial charge is 0.491 e. The second-order valence-corrected chi connectivity index (χ2v) is 7.68. The molecule has 0 spiro atoms. The fraction of sp³-hybridized carbons (Fsp3) is 0.632. The standard InChI is InChI=1S/C19H29NO3/c1-18(2,3)17(21)20(4)15-8-10-16(11-9-15)23-14-19(22)12-6-5-7-13-19/h8-11,22H,5-7,12-14H2,1-4H3. The molecule has 1 aliphatic rings. The van der Waals surface area contributed by atoms with Crippen molar-refractivity contribution in [3.63, 3.8) is 0 Å². The zero-order chi connectivity index (χ0) is 17.1. The van der Waals surface area contributed by atoms with Gasteiger partial charge in [0.1, 0.15) is 12.4 Å². The van der Waals surface area contributed by atoms with Crippen molar-refractivity contribution < 1.29 is 14.6 Å². The Morgan fingerprint density at radius 2 is 1.74 bits per heavy atom. The van der Waals surface area contributed by atoms with Crippen molar-refractivity contribution in [3.8, 4) is 5.75 Å². The van der Waals surface area contributed by atoms with Gasteiger partial charge in [0.2, 0.25) is 5.91 Å². The van der Waals surface area contributed by atoms with Crippen LogP contribution in [0.5, 0.6) is 5.75 Å². The summed E-state index contributed by atoms with van der Waals surface area (Å²) >= 11 is 0. The van der Waals surface area contributed by atoms with E-state index in [1.54, 1.807) is 11.9 Å². The highest BCUT2D eigenvalue weighted by atomic mass is 16.5. The van der Waals surface area contributed by atoms with Crippen LogP contribution in [0.2, 0.25) is 0 Å². The van der Waals surface area contributed by atoms with Crippen LogP contribution in [-0.2, 0) is 4.79 Å². The fourth-order valence-electron chi connectivity index (χ4n) is 2.96. The van der Waals surface area contributed by atoms with Gasteiger partial charge in [-0.15, -0.1) is 0 Å². The molecular weight excluding hydrogens is 290 g/mol. The Bertz CT molecular complexity index is 525. The molecule has 0 heterocycles. The number of ether oxygens (including phenoxy) is 1. The van der Waals surface area contributed by atoms with Gasteiger partial charge in [-0.05, 0) is 37.1 Å². The first kappa shape index (κ1) is 17.8. The average Bonchev–Trinajstić information content (AvgIpc) is 2.52. The summed E-state index contributed by atoms with van der Waals surface area (Å²) < 4.78 is 5.76. The summed E-state index contributed by atoms with van der Waals surface area (Å²) in [5.41, 5.74) is -0.252. The topological polar surface area (TPSA) is 49.8 Å². The normalized spacial score (nSPS) is 17.6. The highest BCUT2D eigenvalue weighted by Gasteiger charge is 2.30. The molecule has 0 bridgehead atoms. The summed E-state index contributed by atoms with van der Waals surface area (Å²) in [6.07, 6.45) is 4.96. The first-order valence-corrected chi connectivity index (χ1v) is 8.45. The van der Waals surface area contributed by atoms with Gasteiger partial charge in [0.25, 0.3) is 0 Å². The quantitative estimate of drug-likeness (QED) is 0.919. The Morgan fingerprint density at radius 3 is 2.26 bits per heavy atom. The van der Waals surface area contributed by atoms with Crippen LogP contribution >= 0.6 is 0 Å². The molecule has 0 unspecified atom stereocenters. The van der Waals surface area contributed by atoms with Crippen LogP contribution in [0.15, 0.2) is 24.3 Å². The molecule has 2 rings (SSSR count). The van der Waals surface area contributed by atoms with E-state index in [1.165, 1.54) is 6.42 Å². The lowest BCUT2D eigenvalue weighted by atomic mass is 9.85. The maximum Gasteiger partial charge on any atom is 0.232 e. The van der Waals surface area contributed by atoms with Crippen molar-refractivity contribution in [2.24, 2.45) is 5.41 Å². The van der Waals surface area contributed by atoms with Gasteiger partial charge in [-0.3, -0.25) is 4.79 Å². The summed E-state index contributed by atoms with van der Waals surface area (Å²) in [4.78, 5) is 14.0. The minimum absolute atomic E-state index is 0.0719. The van der Waals surface area contributed by atoms with E-state index in [-0.39, 0.29) is 5.91 Å². The first-order chi connectivity index (χ1) is 10.7. The van der Waals surface area contributed by atoms with E-state index in [2.05, 4.69) is 0 Å². The van der Waals surface area contributed by atoms with Crippen LogP contribution in [0, 0.1) is 5.41 Å². The van der Waals surface area contributed by atoms with E-state index >= 15 is 0 Å². The lowest BCUT2D eigenvalue weighted by molar-refractivity contribution is -0.125. The predicted molar refractivity (Wildman–Crippen MR) is 92.8 cm³/mol. The highest BCUT2D eigenvalue weighted by molar-refractivity contribution is 5.96. The van der Waals surface area contributed by atoms with Crippen molar-refractivity contribution in [2.45, 2.75) is 58.5 Å². The molecule has 1 aromatic rings. The number of aliphatic hydroxyl groups is 1. The molecule has 1 amide bonds. The molecule has 0 aliphatic heterocycles. The summed E-state index contributed by atoms with van der Waals surface area (Å²) in [6, 6.07) is 7.47. The smallest absolute Gasteiger partial charge is 0.232 e. The molecule has 1 saturated carbocycles. The second-order valence-electron chi connectivity index (χ2n) is 7.68. The fourth-order valence-corrected chi connectivity index (χ4v) is 2.96. The van der Waals surface area contributed by atoms with Crippen LogP contribution in [0.4, 0.5) is 5.69 Å². The second kappa shape index (κ2) is 6.91. The number of hydrogen-bond acceptors (Lipinski definition) is 3. The Morgan fingerprint density at radius 1 is 1.17 bits per heavy atom. The summed E-state index contributed by atoms with van der Waals surface area (Å²) in [5, 5.41) is 10.5. The van der Waals surface area contributed by atoms with Crippen LogP contribution in [-0.4, -0.2) is 30.3 Å². The number of amides is 1. The summed E-state index contributed by atoms with van der Waals surface area (Å²) in [7, 11) is 1.79. The molecule has 0 saturated heterocycles. The SMILES string of the molecule is CN(C(=O)C(C)(C)C)c1ccc(OCC2(O)CCCCC2)cc1. The van der Waals surface area contributed by atoms with Gasteiger partial charge in [-0.25, -0.2) is 0 Å². The molecule has 23 heavy (non-hydrogen) atoms. The number of rotatable bonds is 4. The van der Waals surface area contributed by atoms with E-state index in [9.17, 15) is 9.90 Å². The molecular formula is C19H29NO3. The molecule has 1 N–H and O–H groups in total. The van der Waals surface area contributed by atoms with Crippen molar-refractivity contribution in [1.29, 1.82) is 0 Å². The Hall–Kier alpha value is -1.55. The minimum Gasteiger partial charge on any atom is -0.491 e. The third kappa shape index (κ3) is 4.71. The summed E-state index contributed by atoms with van der Waals surface area (Å²) in [5.74, 6) is 0.798. The van der Waals surface area contributed by atoms with Gasteiger partial charge in [0, 0.05) is 18.2 Å². The van der Waals surface area contributed by atoms with Gasteiger partial charge >= 0.3 is 0 Å². The first-order valence-electron chi connectivity index (χ1n) is 8.45. The Balaban J connectivity index is 1.95. The van der Waals surface area contributed by atoms with Gasteiger partial charge in [0.05, 0.1) is 5.60 Å². The number of carbonyl (C=O) groups is 1. The molecule has 0 aromatic heterocycles. The van der Waals surface area contributed by atoms with Crippen LogP contribution in [0.3, 0.4) is 0 Å². The van der Waals surface area contributed by atoms with E-state index in [1.807, 2.05) is 45.0 Å². The zero-order valence-corrected chi connectivity index (χ0v) is 14.8. The molecule has 1 fully saturated rings. The van der Waals surface area contributed by atoms with E-state index in [0.717, 1.165) is 37.1 Å². The Labute approximate surface area is 139 Å². The maximum absolute atomic E-state index is 12.3. The van der Waals surface area contributed by atoms with E-state index in [4.69, 9.17) is 4.74 Å². The van der Waals surface area contributed by atoms with Gasteiger partial charge < -0.3 is 14.7 Å². The summed E-state index contributed by atoms with van der Waals surface area (Å²) in [6.45, 7) is 6.07. The third-order valence-corrected chi connectivity index (χ3v) is 4.46. The third-order valence-electron chi connectivity index (χ3n) is 4.46. The number of benzene rings is 1. The predicted octanol–water partition coefficient (Wildman–Crippen LogP) is 3.77. The molecule has 128 valence electrons. The van der Waals surface area contributed by atoms with E-state index < -0.39 is 11.0 Å². The number of carbonyl (C=O) groups excluding carboxylic acids is 1. The highest BCUT2D eigenvalue weighted by Crippen LogP contribution is 2.29. The molecule has 1 aliphatic carbocycles. The Kier molecular flexibility index (Phi) is 5.35. The zero-order valence-electron chi connectivity index (χ0n) is 14.8. The average molecular weight is 319 g/mol. The van der Waals surface area contributed by atoms with Crippen molar-refractivity contribution in [3.05, 3.63) is 24.3 Å². The minimum atomic E-state index is -0.685. The number of anilines is 1. The maximum atomic E-state index is 12.3. The monoisotopic (exact) mass is 319 g/mol. The number of nitrogens with zero attached hydrogens (tertiary/aromatic N) is 1. The molecule has 4 nitrogen and oxygen atoms in total. The van der Waals surface area contributed by atoms with Crippen molar-refractivity contribution in [2.75, 3.05) is 18.6 Å². The lowest BCUT2D eigenvalue weighted by Gasteiger charge is -2.31. The van der Waals surface area contributed by atoms with Crippen molar-refractivity contribution in [1.82, 2.24) is 0 Å². The van der Waals surface area contributed by atoms with Crippen LogP contribution in [0.1, 0.15) is 52.9 Å².